The first-order chi connectivity index (χ1) is 15.4. The highest BCUT2D eigenvalue weighted by atomic mass is 16.5. The van der Waals surface area contributed by atoms with Gasteiger partial charge in [0.25, 0.3) is 16.8 Å². The van der Waals surface area contributed by atoms with Crippen LogP contribution in [0.4, 0.5) is 22.7 Å². The number of methoxy groups -OCH3 is 1. The van der Waals surface area contributed by atoms with Crippen LogP contribution in [0.15, 0.2) is 52.1 Å². The van der Waals surface area contributed by atoms with E-state index in [0.29, 0.717) is 30.1 Å². The minimum Gasteiger partial charge on any atom is -0.506 e. The molecule has 1 amide bonds. The minimum absolute atomic E-state index is 0.0143. The molecule has 3 aromatic carbocycles. The molecule has 3 aromatic rings. The Hall–Kier alpha value is -3.85. The Morgan fingerprint density at radius 2 is 1.56 bits per heavy atom. The van der Waals surface area contributed by atoms with Gasteiger partial charge in [-0.05, 0) is 37.4 Å². The summed E-state index contributed by atoms with van der Waals surface area (Å²) in [5, 5.41) is 16.0. The third-order valence-electron chi connectivity index (χ3n) is 5.57. The Kier molecular flexibility index (Phi) is 5.83. The monoisotopic (exact) mass is 436 g/mol. The smallest absolute Gasteiger partial charge is 0.254 e. The van der Waals surface area contributed by atoms with Crippen LogP contribution in [0.3, 0.4) is 0 Å². The molecule has 0 saturated carbocycles. The molecule has 0 atom stereocenters. The van der Waals surface area contributed by atoms with Crippen molar-refractivity contribution in [3.63, 3.8) is 0 Å². The maximum atomic E-state index is 12.9. The van der Waals surface area contributed by atoms with E-state index in [2.05, 4.69) is 15.5 Å². The van der Waals surface area contributed by atoms with Crippen molar-refractivity contribution >= 4 is 28.7 Å². The maximum Gasteiger partial charge on any atom is 0.254 e. The first kappa shape index (κ1) is 21.4. The van der Waals surface area contributed by atoms with Gasteiger partial charge >= 0.3 is 0 Å². The number of aromatic hydroxyl groups is 1. The van der Waals surface area contributed by atoms with E-state index in [4.69, 9.17) is 4.74 Å². The number of nitrogens with one attached hydrogen (secondary N) is 2. The van der Waals surface area contributed by atoms with Crippen molar-refractivity contribution in [2.45, 2.75) is 0 Å². The number of rotatable bonds is 6. The van der Waals surface area contributed by atoms with Crippen LogP contribution in [0.1, 0.15) is 10.4 Å². The van der Waals surface area contributed by atoms with Crippen LogP contribution >= 0.6 is 0 Å². The van der Waals surface area contributed by atoms with Crippen molar-refractivity contribution in [2.75, 3.05) is 51.0 Å². The number of hydrogen-bond acceptors (Lipinski definition) is 8. The molecule has 4 rings (SSSR count). The summed E-state index contributed by atoms with van der Waals surface area (Å²) in [5.41, 5.74) is -0.239. The summed E-state index contributed by atoms with van der Waals surface area (Å²) >= 11 is 0. The third-order valence-corrected chi connectivity index (χ3v) is 5.57. The van der Waals surface area contributed by atoms with E-state index in [-0.39, 0.29) is 28.7 Å². The molecule has 166 valence electrons. The summed E-state index contributed by atoms with van der Waals surface area (Å²) in [6.07, 6.45) is 0. The second-order valence-corrected chi connectivity index (χ2v) is 7.69. The van der Waals surface area contributed by atoms with E-state index in [1.54, 1.807) is 29.2 Å². The number of likely N-dealkylation sites (N-methyl/N-ethyl adjacent to an activating group) is 1. The third kappa shape index (κ3) is 4.02. The van der Waals surface area contributed by atoms with Gasteiger partial charge < -0.3 is 30.3 Å². The lowest BCUT2D eigenvalue weighted by molar-refractivity contribution is 0.0664. The molecule has 0 spiro atoms. The van der Waals surface area contributed by atoms with Crippen LogP contribution in [0.25, 0.3) is 0 Å². The van der Waals surface area contributed by atoms with Gasteiger partial charge in [-0.25, -0.2) is 0 Å². The normalized spacial score (nSPS) is 14.4. The Morgan fingerprint density at radius 1 is 0.938 bits per heavy atom. The molecule has 0 bridgehead atoms. The first-order valence-electron chi connectivity index (χ1n) is 10.2. The van der Waals surface area contributed by atoms with Crippen molar-refractivity contribution < 1.29 is 14.6 Å². The van der Waals surface area contributed by atoms with Gasteiger partial charge in [-0.3, -0.25) is 14.4 Å². The lowest BCUT2D eigenvalue weighted by Gasteiger charge is -2.32. The van der Waals surface area contributed by atoms with Crippen molar-refractivity contribution in [2.24, 2.45) is 0 Å². The van der Waals surface area contributed by atoms with E-state index in [1.807, 2.05) is 7.05 Å². The largest absolute Gasteiger partial charge is 0.506 e. The lowest BCUT2D eigenvalue weighted by Crippen LogP contribution is -2.47. The van der Waals surface area contributed by atoms with Crippen molar-refractivity contribution in [1.82, 2.24) is 9.80 Å². The Balaban J connectivity index is 1.58. The number of piperazine rings is 1. The summed E-state index contributed by atoms with van der Waals surface area (Å²) in [5.74, 6) is 0.212. The molecule has 0 aromatic heterocycles. The zero-order chi connectivity index (χ0) is 22.8. The van der Waals surface area contributed by atoms with E-state index in [0.717, 1.165) is 13.1 Å². The molecule has 9 nitrogen and oxygen atoms in total. The number of carbonyl (C=O) groups excluding carboxylic acids is 1. The molecular formula is C23H24N4O5. The number of phenols is 1. The first-order valence-corrected chi connectivity index (χ1v) is 10.2. The predicted octanol–water partition coefficient (Wildman–Crippen LogP) is 1.87. The van der Waals surface area contributed by atoms with Crippen LogP contribution in [0, 0.1) is 0 Å². The molecule has 1 aliphatic rings. The lowest BCUT2D eigenvalue weighted by atomic mass is 10.1. The molecule has 9 heteroatoms. The highest BCUT2D eigenvalue weighted by Crippen LogP contribution is 2.33. The SMILES string of the molecule is COc1ccccc1Nc1c(Nc2cc(C(=O)N3CCN(C)CC3)ccc2O)c(=O)c1=O. The van der Waals surface area contributed by atoms with Crippen LogP contribution in [-0.2, 0) is 0 Å². The van der Waals surface area contributed by atoms with Crippen molar-refractivity contribution in [3.8, 4) is 11.5 Å². The summed E-state index contributed by atoms with van der Waals surface area (Å²) < 4.78 is 5.27. The number of ether oxygens (including phenoxy) is 1. The fraction of sp³-hybridized carbons (Fsp3) is 0.261. The number of hydrogen-bond donors (Lipinski definition) is 3. The summed E-state index contributed by atoms with van der Waals surface area (Å²) in [6.45, 7) is 2.81. The molecule has 0 radical (unpaired) electrons. The zero-order valence-electron chi connectivity index (χ0n) is 17.8. The summed E-state index contributed by atoms with van der Waals surface area (Å²) in [4.78, 5) is 41.2. The molecular weight excluding hydrogens is 412 g/mol. The van der Waals surface area contributed by atoms with Gasteiger partial charge in [0, 0.05) is 31.7 Å². The van der Waals surface area contributed by atoms with E-state index >= 15 is 0 Å². The minimum atomic E-state index is -0.711. The Labute approximate surface area is 184 Å². The average molecular weight is 436 g/mol. The number of carbonyl (C=O) groups is 1. The van der Waals surface area contributed by atoms with Crippen LogP contribution in [0.5, 0.6) is 11.5 Å². The zero-order valence-corrected chi connectivity index (χ0v) is 17.8. The van der Waals surface area contributed by atoms with Crippen molar-refractivity contribution in [3.05, 3.63) is 68.5 Å². The number of nitrogens with zero attached hydrogens (tertiary/aromatic N) is 2. The second kappa shape index (κ2) is 8.72. The molecule has 1 heterocycles. The molecule has 0 unspecified atom stereocenters. The molecule has 32 heavy (non-hydrogen) atoms. The highest BCUT2D eigenvalue weighted by Gasteiger charge is 2.25. The molecule has 0 aliphatic carbocycles. The quantitative estimate of drug-likeness (QED) is 0.397. The number of phenolic OH excluding ortho intramolecular Hbond substituents is 1. The van der Waals surface area contributed by atoms with Gasteiger partial charge in [-0.15, -0.1) is 0 Å². The highest BCUT2D eigenvalue weighted by molar-refractivity contribution is 5.96. The van der Waals surface area contributed by atoms with Gasteiger partial charge in [-0.1, -0.05) is 12.1 Å². The number of amides is 1. The average Bonchev–Trinajstić information content (AvgIpc) is 2.82. The Bertz CT molecular complexity index is 1220. The molecule has 1 aliphatic heterocycles. The fourth-order valence-corrected chi connectivity index (χ4v) is 3.61. The summed E-state index contributed by atoms with van der Waals surface area (Å²) in [7, 11) is 3.51. The van der Waals surface area contributed by atoms with Crippen LogP contribution < -0.4 is 26.2 Å². The van der Waals surface area contributed by atoms with E-state index < -0.39 is 10.9 Å². The van der Waals surface area contributed by atoms with Crippen molar-refractivity contribution in [1.29, 1.82) is 0 Å². The summed E-state index contributed by atoms with van der Waals surface area (Å²) in [6, 6.07) is 11.4. The van der Waals surface area contributed by atoms with Crippen LogP contribution in [0.2, 0.25) is 0 Å². The van der Waals surface area contributed by atoms with E-state index in [1.165, 1.54) is 25.3 Å². The van der Waals surface area contributed by atoms with Gasteiger partial charge in [0.1, 0.15) is 22.9 Å². The van der Waals surface area contributed by atoms with Gasteiger partial charge in [0.15, 0.2) is 0 Å². The number of anilines is 4. The van der Waals surface area contributed by atoms with Gasteiger partial charge in [-0.2, -0.15) is 0 Å². The predicted molar refractivity (Wildman–Crippen MR) is 122 cm³/mol. The van der Waals surface area contributed by atoms with E-state index in [9.17, 15) is 19.5 Å². The number of benzene rings is 2. The fourth-order valence-electron chi connectivity index (χ4n) is 3.61. The second-order valence-electron chi connectivity index (χ2n) is 7.69. The number of para-hydroxylation sites is 2. The Morgan fingerprint density at radius 3 is 2.22 bits per heavy atom. The maximum absolute atomic E-state index is 12.9. The molecule has 1 fully saturated rings. The molecule has 1 saturated heterocycles. The standard InChI is InChI=1S/C23H24N4O5/c1-26-9-11-27(12-10-26)23(31)14-7-8-17(28)16(13-14)25-20-19(21(29)22(20)30)24-15-5-3-4-6-18(15)32-2/h3-8,13,24-25,28H,9-12H2,1-2H3. The van der Waals surface area contributed by atoms with Gasteiger partial charge in [0.2, 0.25) is 0 Å². The van der Waals surface area contributed by atoms with Crippen LogP contribution in [-0.4, -0.2) is 61.2 Å². The van der Waals surface area contributed by atoms with Gasteiger partial charge in [0.05, 0.1) is 18.5 Å². The molecule has 3 N–H and O–H groups in total. The topological polar surface area (TPSA) is 111 Å².